The van der Waals surface area contributed by atoms with Crippen molar-refractivity contribution < 1.29 is 0 Å². The quantitative estimate of drug-likeness (QED) is 0.0969. The predicted octanol–water partition coefficient (Wildman–Crippen LogP) is 13.3. The van der Waals surface area contributed by atoms with E-state index in [4.69, 9.17) is 0 Å². The molecule has 5 rings (SSSR count). The van der Waals surface area contributed by atoms with E-state index in [-0.39, 0.29) is 5.92 Å². The number of allylic oxidation sites excluding steroid dienone is 23. The average Bonchev–Trinajstić information content (AvgIpc) is 3.13. The summed E-state index contributed by atoms with van der Waals surface area (Å²) in [5.41, 5.74) is 8.02. The van der Waals surface area contributed by atoms with Crippen LogP contribution in [-0.4, -0.2) is 4.90 Å². The van der Waals surface area contributed by atoms with Gasteiger partial charge in [0, 0.05) is 23.0 Å². The van der Waals surface area contributed by atoms with Crippen molar-refractivity contribution in [3.8, 4) is 0 Å². The minimum absolute atomic E-state index is 0.211. The van der Waals surface area contributed by atoms with Crippen molar-refractivity contribution in [3.05, 3.63) is 182 Å². The van der Waals surface area contributed by atoms with E-state index in [1.54, 1.807) is 0 Å². The number of nitrogens with zero attached hydrogens (tertiary/aromatic N) is 1. The van der Waals surface area contributed by atoms with Crippen molar-refractivity contribution in [1.29, 1.82) is 0 Å². The summed E-state index contributed by atoms with van der Waals surface area (Å²) in [6.45, 7) is 20.4. The van der Waals surface area contributed by atoms with E-state index in [0.29, 0.717) is 23.7 Å². The highest BCUT2D eigenvalue weighted by Gasteiger charge is 2.39. The smallest absolute Gasteiger partial charge is 0.0490 e. The molecule has 1 fully saturated rings. The Morgan fingerprint density at radius 2 is 1.63 bits per heavy atom. The summed E-state index contributed by atoms with van der Waals surface area (Å²) >= 11 is 0. The van der Waals surface area contributed by atoms with E-state index >= 15 is 0 Å². The zero-order chi connectivity index (χ0) is 34.4. The molecule has 5 aliphatic carbocycles. The molecule has 0 spiro atoms. The Morgan fingerprint density at radius 3 is 2.35 bits per heavy atom. The summed E-state index contributed by atoms with van der Waals surface area (Å²) in [5.74, 6) is 3.25. The van der Waals surface area contributed by atoms with Gasteiger partial charge in [0.25, 0.3) is 0 Å². The van der Waals surface area contributed by atoms with Gasteiger partial charge in [0.15, 0.2) is 0 Å². The first-order valence-electron chi connectivity index (χ1n) is 18.9. The lowest BCUT2D eigenvalue weighted by Crippen LogP contribution is -2.35. The van der Waals surface area contributed by atoms with Crippen LogP contribution in [0.3, 0.4) is 0 Å². The lowest BCUT2D eigenvalue weighted by atomic mass is 9.63. The largest absolute Gasteiger partial charge is 0.314 e. The maximum atomic E-state index is 4.26. The van der Waals surface area contributed by atoms with Crippen molar-refractivity contribution in [2.75, 3.05) is 0 Å². The molecular weight excluding hydrogens is 591 g/mol. The molecule has 6 atom stereocenters. The molecule has 0 N–H and O–H groups in total. The Balaban J connectivity index is 1.55. The fraction of sp³-hybridized carbons (Fsp3) is 0.375. The summed E-state index contributed by atoms with van der Waals surface area (Å²) in [7, 11) is 0. The molecule has 0 aromatic carbocycles. The molecular formula is C48H59N. The van der Waals surface area contributed by atoms with Crippen LogP contribution in [-0.2, 0) is 0 Å². The van der Waals surface area contributed by atoms with E-state index < -0.39 is 0 Å². The summed E-state index contributed by atoms with van der Waals surface area (Å²) < 4.78 is 0. The summed E-state index contributed by atoms with van der Waals surface area (Å²) in [5, 5.41) is 0. The standard InChI is InChI=1S/C48H59N/c1-6-11-12-13-25-45(39-21-14-20-37(17-7-2)27-28-38(18-8-3)29-30-39)40-31-34-44(35-32-40)49(43(10-5)19-9-4)47-36-33-42-23-15-22-41-24-16-26-46(47)48(41)42/h6-10,13-14,16,19-21,25-26,29-31,33-34,36-38,41-42,45,48H,1-5,11-12,15,17-18,22-24,27-28,32,35H2/b20-14+,25-13+,30-29?,39-21?,43-19+. The van der Waals surface area contributed by atoms with Crippen LogP contribution in [0.25, 0.3) is 0 Å². The molecule has 0 heterocycles. The van der Waals surface area contributed by atoms with Crippen LogP contribution in [0.5, 0.6) is 0 Å². The Kier molecular flexibility index (Phi) is 13.7. The van der Waals surface area contributed by atoms with Gasteiger partial charge in [-0.05, 0) is 136 Å². The van der Waals surface area contributed by atoms with Crippen LogP contribution in [0.2, 0.25) is 0 Å². The molecule has 1 saturated carbocycles. The number of rotatable bonds is 15. The minimum atomic E-state index is 0.211. The Bertz CT molecular complexity index is 1540. The van der Waals surface area contributed by atoms with Gasteiger partial charge in [-0.15, -0.1) is 19.7 Å². The molecule has 5 aliphatic rings. The maximum absolute atomic E-state index is 4.26. The maximum Gasteiger partial charge on any atom is 0.0490 e. The normalized spacial score (nSPS) is 28.0. The molecule has 1 nitrogen and oxygen atoms in total. The zero-order valence-electron chi connectivity index (χ0n) is 29.9. The lowest BCUT2D eigenvalue weighted by molar-refractivity contribution is 0.210. The molecule has 0 aliphatic heterocycles. The molecule has 0 aromatic rings. The molecule has 0 amide bonds. The summed E-state index contributed by atoms with van der Waals surface area (Å²) in [6.07, 6.45) is 56.9. The highest BCUT2D eigenvalue weighted by molar-refractivity contribution is 5.48. The first-order chi connectivity index (χ1) is 24.1. The van der Waals surface area contributed by atoms with Crippen LogP contribution in [0.4, 0.5) is 0 Å². The topological polar surface area (TPSA) is 3.24 Å². The molecule has 1 heteroatoms. The average molecular weight is 650 g/mol. The van der Waals surface area contributed by atoms with Crippen LogP contribution in [0.1, 0.15) is 77.0 Å². The van der Waals surface area contributed by atoms with Gasteiger partial charge in [0.2, 0.25) is 0 Å². The van der Waals surface area contributed by atoms with E-state index in [1.165, 1.54) is 60.2 Å². The molecule has 0 saturated heterocycles. The van der Waals surface area contributed by atoms with Crippen molar-refractivity contribution in [2.24, 2.45) is 35.5 Å². The van der Waals surface area contributed by atoms with E-state index in [2.05, 4.69) is 135 Å². The van der Waals surface area contributed by atoms with Crippen molar-refractivity contribution in [2.45, 2.75) is 77.0 Å². The van der Waals surface area contributed by atoms with Gasteiger partial charge < -0.3 is 4.90 Å². The van der Waals surface area contributed by atoms with E-state index in [1.807, 2.05) is 18.2 Å². The Morgan fingerprint density at radius 1 is 0.816 bits per heavy atom. The zero-order valence-corrected chi connectivity index (χ0v) is 29.9. The Hall–Kier alpha value is -4.10. The number of hydrogen-bond acceptors (Lipinski definition) is 1. The highest BCUT2D eigenvalue weighted by atomic mass is 15.2. The fourth-order valence-electron chi connectivity index (χ4n) is 8.61. The van der Waals surface area contributed by atoms with Crippen LogP contribution >= 0.6 is 0 Å². The second-order valence-electron chi connectivity index (χ2n) is 14.3. The van der Waals surface area contributed by atoms with Crippen LogP contribution < -0.4 is 0 Å². The van der Waals surface area contributed by atoms with E-state index in [0.717, 1.165) is 56.6 Å². The van der Waals surface area contributed by atoms with Crippen molar-refractivity contribution in [1.82, 2.24) is 4.90 Å². The Labute approximate surface area is 298 Å². The summed E-state index contributed by atoms with van der Waals surface area (Å²) in [6, 6.07) is 0. The second-order valence-corrected chi connectivity index (χ2v) is 14.3. The molecule has 0 aromatic heterocycles. The fourth-order valence-corrected chi connectivity index (χ4v) is 8.61. The van der Waals surface area contributed by atoms with Crippen molar-refractivity contribution in [3.63, 3.8) is 0 Å². The predicted molar refractivity (Wildman–Crippen MR) is 214 cm³/mol. The third-order valence-corrected chi connectivity index (χ3v) is 11.1. The highest BCUT2D eigenvalue weighted by Crippen LogP contribution is 2.49. The first kappa shape index (κ1) is 36.2. The molecule has 0 bridgehead atoms. The van der Waals surface area contributed by atoms with E-state index in [9.17, 15) is 0 Å². The molecule has 256 valence electrons. The van der Waals surface area contributed by atoms with Gasteiger partial charge in [-0.3, -0.25) is 0 Å². The monoisotopic (exact) mass is 649 g/mol. The van der Waals surface area contributed by atoms with Gasteiger partial charge in [-0.2, -0.15) is 0 Å². The molecule has 49 heavy (non-hydrogen) atoms. The van der Waals surface area contributed by atoms with Gasteiger partial charge >= 0.3 is 0 Å². The first-order valence-corrected chi connectivity index (χ1v) is 18.9. The van der Waals surface area contributed by atoms with Crippen LogP contribution in [0, 0.1) is 35.5 Å². The lowest BCUT2D eigenvalue weighted by Gasteiger charge is -2.44. The SMILES string of the molecule is C=C/C=C(\C=C)N(C1=CC=C(C(/C=C/CCC=C)C2=C/C=C/C(CC=C)CCC(CC=C)C=C2)CC1)C1=C2C=CCC3CCCC(C=C1)C23. The molecule has 0 radical (unpaired) electrons. The number of unbranched alkanes of at least 4 members (excludes halogenated alkanes) is 1. The number of hydrogen-bond donors (Lipinski definition) is 0. The van der Waals surface area contributed by atoms with Gasteiger partial charge in [0.1, 0.15) is 0 Å². The van der Waals surface area contributed by atoms with Crippen LogP contribution in [0.15, 0.2) is 182 Å². The van der Waals surface area contributed by atoms with Gasteiger partial charge in [-0.25, -0.2) is 0 Å². The van der Waals surface area contributed by atoms with Gasteiger partial charge in [-0.1, -0.05) is 116 Å². The minimum Gasteiger partial charge on any atom is -0.314 e. The third kappa shape index (κ3) is 9.13. The third-order valence-electron chi connectivity index (χ3n) is 11.1. The van der Waals surface area contributed by atoms with Gasteiger partial charge in [0.05, 0.1) is 0 Å². The summed E-state index contributed by atoms with van der Waals surface area (Å²) in [4.78, 5) is 2.48. The van der Waals surface area contributed by atoms with Crippen molar-refractivity contribution >= 4 is 0 Å². The second kappa shape index (κ2) is 18.6. The molecule has 6 unspecified atom stereocenters.